The molecule has 0 aliphatic carbocycles. The van der Waals surface area contributed by atoms with E-state index in [0.717, 1.165) is 5.92 Å². The summed E-state index contributed by atoms with van der Waals surface area (Å²) in [5.41, 5.74) is 0. The molecule has 0 aromatic carbocycles. The van der Waals surface area contributed by atoms with Crippen LogP contribution >= 0.6 is 0 Å². The molecule has 0 nitrogen and oxygen atoms in total. The van der Waals surface area contributed by atoms with Crippen molar-refractivity contribution in [1.29, 1.82) is 0 Å². The average Bonchev–Trinajstić information content (AvgIpc) is 1.99. The highest BCUT2D eigenvalue weighted by Crippen LogP contribution is 2.14. The molecule has 1 atom stereocenters. The average molecular weight is 156 g/mol. The van der Waals surface area contributed by atoms with E-state index in [1.165, 1.54) is 44.9 Å². The van der Waals surface area contributed by atoms with Crippen molar-refractivity contribution in [2.24, 2.45) is 5.92 Å². The second-order valence-corrected chi connectivity index (χ2v) is 3.74. The fourth-order valence-corrected chi connectivity index (χ4v) is 1.56. The molecule has 0 heterocycles. The van der Waals surface area contributed by atoms with Crippen LogP contribution in [0, 0.1) is 5.92 Å². The quantitative estimate of drug-likeness (QED) is 0.479. The summed E-state index contributed by atoms with van der Waals surface area (Å²) in [4.78, 5) is 0. The zero-order valence-corrected chi connectivity index (χ0v) is 8.53. The maximum Gasteiger partial charge on any atom is -0.0443 e. The summed E-state index contributed by atoms with van der Waals surface area (Å²) in [6.45, 7) is 6.94. The lowest BCUT2D eigenvalue weighted by Crippen LogP contribution is -1.93. The van der Waals surface area contributed by atoms with Crippen LogP contribution in [0.25, 0.3) is 0 Å². The maximum atomic E-state index is 2.38. The lowest BCUT2D eigenvalue weighted by molar-refractivity contribution is 0.455. The van der Waals surface area contributed by atoms with Crippen LogP contribution in [-0.4, -0.2) is 0 Å². The smallest absolute Gasteiger partial charge is 0.0443 e. The Hall–Kier alpha value is 0. The molecule has 0 amide bonds. The van der Waals surface area contributed by atoms with E-state index in [1.54, 1.807) is 0 Å². The summed E-state index contributed by atoms with van der Waals surface area (Å²) in [6, 6.07) is 0. The molecule has 0 spiro atoms. The fraction of sp³-hybridized carbons (Fsp3) is 1.00. The topological polar surface area (TPSA) is 0 Å². The van der Waals surface area contributed by atoms with Crippen molar-refractivity contribution in [1.82, 2.24) is 0 Å². The third-order valence-electron chi connectivity index (χ3n) is 2.33. The lowest BCUT2D eigenvalue weighted by atomic mass is 9.98. The predicted octanol–water partition coefficient (Wildman–Crippen LogP) is 4.39. The first kappa shape index (κ1) is 11.0. The first-order chi connectivity index (χ1) is 5.31. The Balaban J connectivity index is 2.97. The Morgan fingerprint density at radius 1 is 0.818 bits per heavy atom. The molecule has 0 aromatic rings. The zero-order valence-electron chi connectivity index (χ0n) is 8.53. The first-order valence-corrected chi connectivity index (χ1v) is 5.31. The van der Waals surface area contributed by atoms with Gasteiger partial charge in [0.25, 0.3) is 0 Å². The van der Waals surface area contributed by atoms with Crippen molar-refractivity contribution in [3.63, 3.8) is 0 Å². The first-order valence-electron chi connectivity index (χ1n) is 5.31. The van der Waals surface area contributed by atoms with Crippen LogP contribution in [0.2, 0.25) is 0 Å². The lowest BCUT2D eigenvalue weighted by Gasteiger charge is -2.08. The Kier molecular flexibility index (Phi) is 8.10. The van der Waals surface area contributed by atoms with E-state index in [1.807, 2.05) is 0 Å². The van der Waals surface area contributed by atoms with Crippen LogP contribution in [0.4, 0.5) is 0 Å². The highest BCUT2D eigenvalue weighted by molar-refractivity contribution is 4.52. The van der Waals surface area contributed by atoms with Crippen molar-refractivity contribution < 1.29 is 0 Å². The Labute approximate surface area is 72.4 Å². The third kappa shape index (κ3) is 7.90. The molecule has 0 heteroatoms. The number of rotatable bonds is 7. The van der Waals surface area contributed by atoms with Crippen molar-refractivity contribution in [3.8, 4) is 0 Å². The summed E-state index contributed by atoms with van der Waals surface area (Å²) in [5, 5.41) is 0. The number of hydrogen-bond acceptors (Lipinski definition) is 0. The van der Waals surface area contributed by atoms with Gasteiger partial charge in [0, 0.05) is 0 Å². The van der Waals surface area contributed by atoms with Gasteiger partial charge in [0.2, 0.25) is 0 Å². The molecule has 0 fully saturated rings. The molecule has 0 aromatic heterocycles. The molecule has 1 unspecified atom stereocenters. The summed E-state index contributed by atoms with van der Waals surface area (Å²) >= 11 is 0. The second-order valence-electron chi connectivity index (χ2n) is 3.74. The van der Waals surface area contributed by atoms with Crippen LogP contribution < -0.4 is 0 Å². The SMILES string of the molecule is CCCCCCC(C)CCC. The molecule has 0 radical (unpaired) electrons. The maximum absolute atomic E-state index is 2.38. The molecule has 0 aliphatic rings. The fourth-order valence-electron chi connectivity index (χ4n) is 1.56. The van der Waals surface area contributed by atoms with Crippen LogP contribution in [0.15, 0.2) is 0 Å². The minimum Gasteiger partial charge on any atom is -0.0654 e. The van der Waals surface area contributed by atoms with Crippen LogP contribution in [0.3, 0.4) is 0 Å². The van der Waals surface area contributed by atoms with Gasteiger partial charge in [0.15, 0.2) is 0 Å². The van der Waals surface area contributed by atoms with Crippen molar-refractivity contribution in [2.45, 2.75) is 65.7 Å². The summed E-state index contributed by atoms with van der Waals surface area (Å²) in [7, 11) is 0. The molecular weight excluding hydrogens is 132 g/mol. The minimum absolute atomic E-state index is 0.969. The van der Waals surface area contributed by atoms with E-state index in [0.29, 0.717) is 0 Å². The van der Waals surface area contributed by atoms with Crippen LogP contribution in [0.5, 0.6) is 0 Å². The predicted molar refractivity (Wildman–Crippen MR) is 52.8 cm³/mol. The monoisotopic (exact) mass is 156 g/mol. The molecule has 0 saturated heterocycles. The molecular formula is C11H24. The van der Waals surface area contributed by atoms with E-state index in [4.69, 9.17) is 0 Å². The van der Waals surface area contributed by atoms with Gasteiger partial charge in [0.1, 0.15) is 0 Å². The normalized spacial score (nSPS) is 13.4. The number of unbranched alkanes of at least 4 members (excludes halogenated alkanes) is 3. The van der Waals surface area contributed by atoms with Gasteiger partial charge in [-0.1, -0.05) is 65.7 Å². The van der Waals surface area contributed by atoms with Gasteiger partial charge in [0.05, 0.1) is 0 Å². The standard InChI is InChI=1S/C11H24/c1-4-6-7-8-10-11(3)9-5-2/h11H,4-10H2,1-3H3. The van der Waals surface area contributed by atoms with E-state index >= 15 is 0 Å². The van der Waals surface area contributed by atoms with Gasteiger partial charge < -0.3 is 0 Å². The highest BCUT2D eigenvalue weighted by atomic mass is 14.0. The van der Waals surface area contributed by atoms with Crippen molar-refractivity contribution in [3.05, 3.63) is 0 Å². The van der Waals surface area contributed by atoms with Gasteiger partial charge >= 0.3 is 0 Å². The van der Waals surface area contributed by atoms with Crippen molar-refractivity contribution in [2.75, 3.05) is 0 Å². The number of hydrogen-bond donors (Lipinski definition) is 0. The molecule has 0 bridgehead atoms. The van der Waals surface area contributed by atoms with Crippen molar-refractivity contribution >= 4 is 0 Å². The zero-order chi connectivity index (χ0) is 8.53. The minimum atomic E-state index is 0.969. The molecule has 0 aliphatic heterocycles. The summed E-state index contributed by atoms with van der Waals surface area (Å²) < 4.78 is 0. The molecule has 0 saturated carbocycles. The second kappa shape index (κ2) is 8.10. The molecule has 68 valence electrons. The molecule has 11 heavy (non-hydrogen) atoms. The Morgan fingerprint density at radius 2 is 1.55 bits per heavy atom. The van der Waals surface area contributed by atoms with Gasteiger partial charge in [-0.2, -0.15) is 0 Å². The van der Waals surface area contributed by atoms with E-state index in [2.05, 4.69) is 20.8 Å². The third-order valence-corrected chi connectivity index (χ3v) is 2.33. The van der Waals surface area contributed by atoms with Gasteiger partial charge in [-0.15, -0.1) is 0 Å². The van der Waals surface area contributed by atoms with Gasteiger partial charge in [-0.25, -0.2) is 0 Å². The van der Waals surface area contributed by atoms with Gasteiger partial charge in [-0.05, 0) is 5.92 Å². The Bertz CT molecular complexity index is 66.4. The highest BCUT2D eigenvalue weighted by Gasteiger charge is 1.98. The summed E-state index contributed by atoms with van der Waals surface area (Å²) in [6.07, 6.45) is 9.93. The molecule has 0 N–H and O–H groups in total. The van der Waals surface area contributed by atoms with Crippen LogP contribution in [0.1, 0.15) is 65.7 Å². The van der Waals surface area contributed by atoms with Crippen LogP contribution in [-0.2, 0) is 0 Å². The summed E-state index contributed by atoms with van der Waals surface area (Å²) in [5.74, 6) is 0.969. The van der Waals surface area contributed by atoms with E-state index in [-0.39, 0.29) is 0 Å². The molecule has 0 rings (SSSR count). The van der Waals surface area contributed by atoms with Gasteiger partial charge in [-0.3, -0.25) is 0 Å². The Morgan fingerprint density at radius 3 is 2.09 bits per heavy atom. The van der Waals surface area contributed by atoms with E-state index in [9.17, 15) is 0 Å². The van der Waals surface area contributed by atoms with E-state index < -0.39 is 0 Å². The largest absolute Gasteiger partial charge is 0.0654 e.